The maximum Gasteiger partial charge on any atom is 0.158 e. The molecule has 3 N–H and O–H groups in total. The minimum absolute atomic E-state index is 0.0542. The van der Waals surface area contributed by atoms with Crippen molar-refractivity contribution in [3.8, 4) is 5.75 Å². The fraction of sp³-hybridized carbons (Fsp3) is 0.515. The van der Waals surface area contributed by atoms with Crippen molar-refractivity contribution in [2.75, 3.05) is 33.9 Å². The second-order valence-corrected chi connectivity index (χ2v) is 11.6. The van der Waals surface area contributed by atoms with Crippen molar-refractivity contribution < 1.29 is 19.7 Å². The zero-order valence-electron chi connectivity index (χ0n) is 24.2. The smallest absolute Gasteiger partial charge is 0.158 e. The van der Waals surface area contributed by atoms with E-state index in [2.05, 4.69) is 73.5 Å². The van der Waals surface area contributed by atoms with Crippen LogP contribution in [0.5, 0.6) is 5.75 Å². The van der Waals surface area contributed by atoms with Crippen molar-refractivity contribution in [1.29, 1.82) is 0 Å². The Morgan fingerprint density at radius 2 is 1.67 bits per heavy atom. The number of hydrogen-bond acceptors (Lipinski definition) is 6. The third-order valence-electron chi connectivity index (χ3n) is 8.26. The van der Waals surface area contributed by atoms with Gasteiger partial charge < -0.3 is 25.0 Å². The van der Waals surface area contributed by atoms with Crippen LogP contribution in [0, 0.1) is 11.8 Å². The standard InChI is InChI=1S/C33H46N2O4/c1-6-34-33(2,3)21-23-7-9-24(10-8-23)22-35(15-16-36)30-20-32(39-5)31(38-4)19-29(30)27-12-11-26-18-28(37)14-13-25(26)17-27/h7-10,13-14,18-20,27,29-30,34,36-37H,6,11-12,15-17,21-22H2,1-5H3/t27-,29?,30?/m1/s1. The van der Waals surface area contributed by atoms with Crippen molar-refractivity contribution in [3.05, 3.63) is 88.4 Å². The first-order chi connectivity index (χ1) is 18.8. The van der Waals surface area contributed by atoms with E-state index in [1.165, 1.54) is 22.3 Å². The van der Waals surface area contributed by atoms with Crippen LogP contribution in [0.25, 0.3) is 0 Å². The summed E-state index contributed by atoms with van der Waals surface area (Å²) in [6.45, 7) is 8.97. The lowest BCUT2D eigenvalue weighted by atomic mass is 9.72. The summed E-state index contributed by atoms with van der Waals surface area (Å²) in [5, 5.41) is 23.6. The topological polar surface area (TPSA) is 74.2 Å². The molecule has 2 aromatic carbocycles. The summed E-state index contributed by atoms with van der Waals surface area (Å²) < 4.78 is 11.5. The van der Waals surface area contributed by atoms with Crippen LogP contribution in [0.4, 0.5) is 0 Å². The highest BCUT2D eigenvalue weighted by Crippen LogP contribution is 2.39. The summed E-state index contributed by atoms with van der Waals surface area (Å²) in [6, 6.07) is 14.7. The van der Waals surface area contributed by atoms with Crippen LogP contribution >= 0.6 is 0 Å². The first kappa shape index (κ1) is 29.2. The number of fused-ring (bicyclic) bond motifs is 1. The number of methoxy groups -OCH3 is 2. The van der Waals surface area contributed by atoms with Gasteiger partial charge in [0.05, 0.1) is 20.8 Å². The van der Waals surface area contributed by atoms with E-state index in [1.807, 2.05) is 6.07 Å². The van der Waals surface area contributed by atoms with E-state index >= 15 is 0 Å². The number of nitrogens with one attached hydrogen (secondary N) is 1. The van der Waals surface area contributed by atoms with Crippen LogP contribution in [-0.4, -0.2) is 60.6 Å². The second-order valence-electron chi connectivity index (χ2n) is 11.6. The molecule has 0 saturated carbocycles. The summed E-state index contributed by atoms with van der Waals surface area (Å²) in [7, 11) is 3.38. The molecule has 2 aliphatic carbocycles. The van der Waals surface area contributed by atoms with Crippen LogP contribution in [-0.2, 0) is 35.3 Å². The summed E-state index contributed by atoms with van der Waals surface area (Å²) >= 11 is 0. The Labute approximate surface area is 234 Å². The molecule has 6 nitrogen and oxygen atoms in total. The summed E-state index contributed by atoms with van der Waals surface area (Å²) in [5.74, 6) is 2.45. The number of phenols is 1. The normalized spacial score (nSPS) is 21.3. The molecule has 0 radical (unpaired) electrons. The predicted octanol–water partition coefficient (Wildman–Crippen LogP) is 4.98. The lowest BCUT2D eigenvalue weighted by Crippen LogP contribution is -2.45. The number of aromatic hydroxyl groups is 1. The molecular formula is C33H46N2O4. The number of phenolic OH excluding ortho intramolecular Hbond substituents is 1. The van der Waals surface area contributed by atoms with Gasteiger partial charge in [0.25, 0.3) is 0 Å². The lowest BCUT2D eigenvalue weighted by molar-refractivity contribution is 0.106. The van der Waals surface area contributed by atoms with Gasteiger partial charge in [0.2, 0.25) is 0 Å². The van der Waals surface area contributed by atoms with Crippen LogP contribution < -0.4 is 5.32 Å². The Balaban J connectivity index is 1.58. The molecule has 0 amide bonds. The minimum Gasteiger partial charge on any atom is -0.508 e. The number of aliphatic hydroxyl groups excluding tert-OH is 1. The van der Waals surface area contributed by atoms with Crippen molar-refractivity contribution >= 4 is 0 Å². The number of hydrogen-bond donors (Lipinski definition) is 3. The van der Waals surface area contributed by atoms with Crippen molar-refractivity contribution in [3.63, 3.8) is 0 Å². The fourth-order valence-corrected chi connectivity index (χ4v) is 6.41. The number of aliphatic hydroxyl groups is 1. The lowest BCUT2D eigenvalue weighted by Gasteiger charge is -2.41. The number of nitrogens with zero attached hydrogens (tertiary/aromatic N) is 1. The van der Waals surface area contributed by atoms with Gasteiger partial charge in [0.1, 0.15) is 5.75 Å². The molecule has 212 valence electrons. The Kier molecular flexibility index (Phi) is 9.76. The van der Waals surface area contributed by atoms with Gasteiger partial charge in [-0.3, -0.25) is 4.90 Å². The van der Waals surface area contributed by atoms with Gasteiger partial charge in [0.15, 0.2) is 11.5 Å². The quantitative estimate of drug-likeness (QED) is 0.357. The third-order valence-corrected chi connectivity index (χ3v) is 8.26. The minimum atomic E-state index is 0.0542. The van der Waals surface area contributed by atoms with E-state index in [9.17, 15) is 10.2 Å². The van der Waals surface area contributed by atoms with E-state index in [0.717, 1.165) is 50.3 Å². The van der Waals surface area contributed by atoms with E-state index in [4.69, 9.17) is 9.47 Å². The van der Waals surface area contributed by atoms with Crippen LogP contribution in [0.2, 0.25) is 0 Å². The molecule has 2 unspecified atom stereocenters. The fourth-order valence-electron chi connectivity index (χ4n) is 6.41. The van der Waals surface area contributed by atoms with Gasteiger partial charge in [-0.15, -0.1) is 0 Å². The van der Waals surface area contributed by atoms with Crippen molar-refractivity contribution in [1.82, 2.24) is 10.2 Å². The number of likely N-dealkylation sites (N-methyl/N-ethyl adjacent to an activating group) is 1. The Morgan fingerprint density at radius 3 is 2.33 bits per heavy atom. The molecule has 0 aliphatic heterocycles. The molecule has 0 aromatic heterocycles. The van der Waals surface area contributed by atoms with Crippen molar-refractivity contribution in [2.24, 2.45) is 11.8 Å². The maximum atomic E-state index is 10.1. The second kappa shape index (κ2) is 13.0. The molecule has 0 saturated heterocycles. The molecule has 0 spiro atoms. The summed E-state index contributed by atoms with van der Waals surface area (Å²) in [6.07, 6.45) is 8.31. The van der Waals surface area contributed by atoms with E-state index in [0.29, 0.717) is 18.2 Å². The first-order valence-corrected chi connectivity index (χ1v) is 14.3. The zero-order valence-corrected chi connectivity index (χ0v) is 24.2. The molecule has 39 heavy (non-hydrogen) atoms. The van der Waals surface area contributed by atoms with Gasteiger partial charge >= 0.3 is 0 Å². The summed E-state index contributed by atoms with van der Waals surface area (Å²) in [5.41, 5.74) is 5.15. The predicted molar refractivity (Wildman–Crippen MR) is 156 cm³/mol. The van der Waals surface area contributed by atoms with Crippen molar-refractivity contribution in [2.45, 2.75) is 64.6 Å². The monoisotopic (exact) mass is 534 g/mol. The molecule has 0 bridgehead atoms. The SMILES string of the molecule is CCNC(C)(C)Cc1ccc(CN(CCO)C2C=C(OC)C(OC)=CC2[C@@H]2CCc3cc(O)ccc3C2)cc1. The van der Waals surface area contributed by atoms with Gasteiger partial charge in [0, 0.05) is 30.6 Å². The third kappa shape index (κ3) is 7.24. The molecule has 2 aliphatic rings. The highest BCUT2D eigenvalue weighted by molar-refractivity contribution is 5.38. The Bertz CT molecular complexity index is 1150. The Hall–Kier alpha value is -2.80. The first-order valence-electron chi connectivity index (χ1n) is 14.3. The van der Waals surface area contributed by atoms with Crippen LogP contribution in [0.3, 0.4) is 0 Å². The van der Waals surface area contributed by atoms with E-state index in [-0.39, 0.29) is 24.1 Å². The largest absolute Gasteiger partial charge is 0.508 e. The van der Waals surface area contributed by atoms with E-state index in [1.54, 1.807) is 20.3 Å². The highest BCUT2D eigenvalue weighted by atomic mass is 16.5. The van der Waals surface area contributed by atoms with Gasteiger partial charge in [-0.1, -0.05) is 37.3 Å². The summed E-state index contributed by atoms with van der Waals surface area (Å²) in [4.78, 5) is 2.37. The van der Waals surface area contributed by atoms with Gasteiger partial charge in [-0.2, -0.15) is 0 Å². The molecule has 0 fully saturated rings. The average molecular weight is 535 g/mol. The molecule has 2 aromatic rings. The number of rotatable bonds is 12. The zero-order chi connectivity index (χ0) is 28.0. The van der Waals surface area contributed by atoms with E-state index < -0.39 is 0 Å². The maximum absolute atomic E-state index is 10.1. The van der Waals surface area contributed by atoms with Crippen LogP contribution in [0.15, 0.2) is 66.1 Å². The average Bonchev–Trinajstić information content (AvgIpc) is 2.92. The molecular weight excluding hydrogens is 488 g/mol. The molecule has 3 atom stereocenters. The van der Waals surface area contributed by atoms with Gasteiger partial charge in [-0.25, -0.2) is 0 Å². The molecule has 0 heterocycles. The molecule has 6 heteroatoms. The van der Waals surface area contributed by atoms with Crippen LogP contribution in [0.1, 0.15) is 49.4 Å². The number of ether oxygens (including phenoxy) is 2. The number of benzene rings is 2. The Morgan fingerprint density at radius 1 is 0.974 bits per heavy atom. The van der Waals surface area contributed by atoms with Gasteiger partial charge in [-0.05, 0) is 98.5 Å². The highest BCUT2D eigenvalue weighted by Gasteiger charge is 2.37. The molecule has 4 rings (SSSR count). The number of aryl methyl sites for hydroxylation is 1.